The first-order valence-corrected chi connectivity index (χ1v) is 7.58. The lowest BCUT2D eigenvalue weighted by Gasteiger charge is -2.10. The second-order valence-electron chi connectivity index (χ2n) is 4.58. The zero-order chi connectivity index (χ0) is 13.9. The van der Waals surface area contributed by atoms with Crippen LogP contribution in [0.15, 0.2) is 53.4 Å². The van der Waals surface area contributed by atoms with Crippen molar-refractivity contribution in [1.82, 2.24) is 4.72 Å². The Kier molecular flexibility index (Phi) is 4.02. The fourth-order valence-electron chi connectivity index (χ4n) is 1.95. The molecule has 0 aromatic heterocycles. The Hall–Kier alpha value is -1.65. The fraction of sp³-hybridized carbons (Fsp3) is 0.200. The van der Waals surface area contributed by atoms with Crippen molar-refractivity contribution >= 4 is 10.0 Å². The Morgan fingerprint density at radius 2 is 1.68 bits per heavy atom. The van der Waals surface area contributed by atoms with Crippen LogP contribution in [0.1, 0.15) is 16.7 Å². The van der Waals surface area contributed by atoms with Gasteiger partial charge in [0, 0.05) is 6.54 Å². The molecule has 0 radical (unpaired) electrons. The standard InChI is InChI=1S/C15H17NO2S/c1-12-8-9-15(13(2)10-12)19(17,18)16-11-14-6-4-3-5-7-14/h3-10,16H,11H2,1-2H3. The van der Waals surface area contributed by atoms with Crippen LogP contribution in [0.5, 0.6) is 0 Å². The van der Waals surface area contributed by atoms with Gasteiger partial charge in [-0.05, 0) is 31.0 Å². The monoisotopic (exact) mass is 275 g/mol. The van der Waals surface area contributed by atoms with Crippen molar-refractivity contribution in [3.63, 3.8) is 0 Å². The number of nitrogens with one attached hydrogen (secondary N) is 1. The van der Waals surface area contributed by atoms with Gasteiger partial charge in [-0.15, -0.1) is 0 Å². The average molecular weight is 275 g/mol. The lowest BCUT2D eigenvalue weighted by molar-refractivity contribution is 0.580. The summed E-state index contributed by atoms with van der Waals surface area (Å²) in [5, 5.41) is 0. The topological polar surface area (TPSA) is 46.2 Å². The zero-order valence-electron chi connectivity index (χ0n) is 11.1. The van der Waals surface area contributed by atoms with Crippen LogP contribution < -0.4 is 4.72 Å². The Bertz CT molecular complexity index is 664. The van der Waals surface area contributed by atoms with E-state index >= 15 is 0 Å². The predicted octanol–water partition coefficient (Wildman–Crippen LogP) is 2.78. The lowest BCUT2D eigenvalue weighted by Crippen LogP contribution is -2.24. The van der Waals surface area contributed by atoms with Crippen LogP contribution in [0.3, 0.4) is 0 Å². The van der Waals surface area contributed by atoms with Crippen molar-refractivity contribution in [3.8, 4) is 0 Å². The number of hydrogen-bond acceptors (Lipinski definition) is 2. The van der Waals surface area contributed by atoms with Crippen LogP contribution in [-0.4, -0.2) is 8.42 Å². The van der Waals surface area contributed by atoms with Crippen LogP contribution in [0.25, 0.3) is 0 Å². The number of sulfonamides is 1. The number of aryl methyl sites for hydroxylation is 2. The third-order valence-electron chi connectivity index (χ3n) is 2.93. The summed E-state index contributed by atoms with van der Waals surface area (Å²) in [6.07, 6.45) is 0. The van der Waals surface area contributed by atoms with Crippen LogP contribution in [-0.2, 0) is 16.6 Å². The molecule has 0 aliphatic heterocycles. The van der Waals surface area contributed by atoms with Gasteiger partial charge >= 0.3 is 0 Å². The maximum Gasteiger partial charge on any atom is 0.241 e. The molecule has 0 unspecified atom stereocenters. The smallest absolute Gasteiger partial charge is 0.207 e. The summed E-state index contributed by atoms with van der Waals surface area (Å²) in [4.78, 5) is 0.342. The molecule has 0 fully saturated rings. The molecule has 0 heterocycles. The molecule has 0 bridgehead atoms. The minimum atomic E-state index is -3.46. The third-order valence-corrected chi connectivity index (χ3v) is 4.49. The number of hydrogen-bond donors (Lipinski definition) is 1. The van der Waals surface area contributed by atoms with Gasteiger partial charge < -0.3 is 0 Å². The van der Waals surface area contributed by atoms with Crippen LogP contribution in [0, 0.1) is 13.8 Å². The molecule has 100 valence electrons. The molecule has 2 aromatic rings. The summed E-state index contributed by atoms with van der Waals surface area (Å²) in [5.41, 5.74) is 2.76. The summed E-state index contributed by atoms with van der Waals surface area (Å²) in [6.45, 7) is 4.06. The van der Waals surface area contributed by atoms with Gasteiger partial charge in [-0.25, -0.2) is 13.1 Å². The summed E-state index contributed by atoms with van der Waals surface area (Å²) < 4.78 is 27.1. The van der Waals surface area contributed by atoms with E-state index in [4.69, 9.17) is 0 Å². The molecule has 2 aromatic carbocycles. The molecule has 0 atom stereocenters. The largest absolute Gasteiger partial charge is 0.241 e. The van der Waals surface area contributed by atoms with Crippen molar-refractivity contribution in [3.05, 3.63) is 65.2 Å². The third kappa shape index (κ3) is 3.43. The summed E-state index contributed by atoms with van der Waals surface area (Å²) in [7, 11) is -3.46. The van der Waals surface area contributed by atoms with E-state index in [1.54, 1.807) is 6.07 Å². The Morgan fingerprint density at radius 1 is 1.00 bits per heavy atom. The van der Waals surface area contributed by atoms with Gasteiger partial charge in [0.1, 0.15) is 0 Å². The van der Waals surface area contributed by atoms with Crippen LogP contribution in [0.2, 0.25) is 0 Å². The summed E-state index contributed by atoms with van der Waals surface area (Å²) >= 11 is 0. The molecular weight excluding hydrogens is 258 g/mol. The van der Waals surface area contributed by atoms with Crippen LogP contribution in [0.4, 0.5) is 0 Å². The highest BCUT2D eigenvalue weighted by Crippen LogP contribution is 2.16. The van der Waals surface area contributed by atoms with Gasteiger partial charge in [-0.2, -0.15) is 0 Å². The van der Waals surface area contributed by atoms with E-state index in [-0.39, 0.29) is 0 Å². The van der Waals surface area contributed by atoms with E-state index < -0.39 is 10.0 Å². The van der Waals surface area contributed by atoms with E-state index in [2.05, 4.69) is 4.72 Å². The van der Waals surface area contributed by atoms with E-state index in [1.165, 1.54) is 0 Å². The van der Waals surface area contributed by atoms with Crippen molar-refractivity contribution in [1.29, 1.82) is 0 Å². The summed E-state index contributed by atoms with van der Waals surface area (Å²) in [6, 6.07) is 14.8. The minimum absolute atomic E-state index is 0.302. The fourth-order valence-corrected chi connectivity index (χ4v) is 3.19. The normalized spacial score (nSPS) is 11.5. The molecule has 3 nitrogen and oxygen atoms in total. The molecule has 0 amide bonds. The molecule has 0 aliphatic carbocycles. The molecule has 1 N–H and O–H groups in total. The highest BCUT2D eigenvalue weighted by Gasteiger charge is 2.16. The van der Waals surface area contributed by atoms with Crippen molar-refractivity contribution in [2.75, 3.05) is 0 Å². The maximum atomic E-state index is 12.2. The molecular formula is C15H17NO2S. The van der Waals surface area contributed by atoms with Gasteiger partial charge in [-0.1, -0.05) is 48.0 Å². The highest BCUT2D eigenvalue weighted by molar-refractivity contribution is 7.89. The second-order valence-corrected chi connectivity index (χ2v) is 6.31. The summed E-state index contributed by atoms with van der Waals surface area (Å²) in [5.74, 6) is 0. The first kappa shape index (κ1) is 13.8. The SMILES string of the molecule is Cc1ccc(S(=O)(=O)NCc2ccccc2)c(C)c1. The first-order valence-electron chi connectivity index (χ1n) is 6.10. The Balaban J connectivity index is 2.19. The van der Waals surface area contributed by atoms with E-state index in [0.717, 1.165) is 16.7 Å². The van der Waals surface area contributed by atoms with Gasteiger partial charge in [0.2, 0.25) is 10.0 Å². The molecule has 0 spiro atoms. The lowest BCUT2D eigenvalue weighted by atomic mass is 10.2. The van der Waals surface area contributed by atoms with Gasteiger partial charge in [0.15, 0.2) is 0 Å². The number of rotatable bonds is 4. The van der Waals surface area contributed by atoms with Crippen molar-refractivity contribution in [2.45, 2.75) is 25.3 Å². The molecule has 2 rings (SSSR count). The maximum absolute atomic E-state index is 12.2. The molecule has 0 saturated carbocycles. The molecule has 4 heteroatoms. The quantitative estimate of drug-likeness (QED) is 0.932. The second kappa shape index (κ2) is 5.55. The van der Waals surface area contributed by atoms with E-state index in [0.29, 0.717) is 11.4 Å². The predicted molar refractivity (Wildman–Crippen MR) is 76.4 cm³/mol. The Morgan fingerprint density at radius 3 is 2.32 bits per heavy atom. The number of benzene rings is 2. The molecule has 0 saturated heterocycles. The van der Waals surface area contributed by atoms with Crippen molar-refractivity contribution < 1.29 is 8.42 Å². The van der Waals surface area contributed by atoms with Gasteiger partial charge in [0.25, 0.3) is 0 Å². The highest BCUT2D eigenvalue weighted by atomic mass is 32.2. The molecule has 19 heavy (non-hydrogen) atoms. The molecule has 0 aliphatic rings. The van der Waals surface area contributed by atoms with E-state index in [1.807, 2.05) is 56.3 Å². The zero-order valence-corrected chi connectivity index (χ0v) is 11.9. The minimum Gasteiger partial charge on any atom is -0.207 e. The van der Waals surface area contributed by atoms with Crippen LogP contribution >= 0.6 is 0 Å². The van der Waals surface area contributed by atoms with E-state index in [9.17, 15) is 8.42 Å². The van der Waals surface area contributed by atoms with Crippen molar-refractivity contribution in [2.24, 2.45) is 0 Å². The van der Waals surface area contributed by atoms with Gasteiger partial charge in [0.05, 0.1) is 4.90 Å². The Labute approximate surface area is 114 Å². The van der Waals surface area contributed by atoms with Gasteiger partial charge in [-0.3, -0.25) is 0 Å². The average Bonchev–Trinajstić information content (AvgIpc) is 2.37. The first-order chi connectivity index (χ1) is 8.99.